The summed E-state index contributed by atoms with van der Waals surface area (Å²) < 4.78 is 0. The van der Waals surface area contributed by atoms with E-state index in [0.717, 1.165) is 16.0 Å². The molecule has 0 bridgehead atoms. The van der Waals surface area contributed by atoms with Gasteiger partial charge in [-0.05, 0) is 31.0 Å². The second kappa shape index (κ2) is 7.65. The molecule has 1 spiro atoms. The molecule has 1 unspecified atom stereocenters. The van der Waals surface area contributed by atoms with Gasteiger partial charge in [-0.2, -0.15) is 0 Å². The number of amides is 3. The van der Waals surface area contributed by atoms with Crippen LogP contribution in [0.25, 0.3) is 0 Å². The Labute approximate surface area is 200 Å². The number of carbonyl (C=O) groups is 3. The molecule has 35 heavy (non-hydrogen) atoms. The lowest BCUT2D eigenvalue weighted by Gasteiger charge is -2.49. The summed E-state index contributed by atoms with van der Waals surface area (Å²) in [5, 5.41) is 28.6. The minimum Gasteiger partial charge on any atom is -0.370 e. The Morgan fingerprint density at radius 2 is 1.89 bits per heavy atom. The average Bonchev–Trinajstić information content (AvgIpc) is 3.38. The number of likely N-dealkylation sites (tertiary alicyclic amines) is 1. The summed E-state index contributed by atoms with van der Waals surface area (Å²) in [4.78, 5) is 48.8. The molecule has 13 heteroatoms. The molecule has 13 nitrogen and oxygen atoms in total. The number of benzene rings is 1. The third kappa shape index (κ3) is 3.18. The molecule has 8 N–H and O–H groups in total. The van der Waals surface area contributed by atoms with Crippen molar-refractivity contribution in [1.29, 1.82) is 0 Å². The zero-order valence-electron chi connectivity index (χ0n) is 19.4. The lowest BCUT2D eigenvalue weighted by atomic mass is 9.84. The summed E-state index contributed by atoms with van der Waals surface area (Å²) in [5.41, 5.74) is 12.5. The minimum atomic E-state index is -2.60. The fourth-order valence-corrected chi connectivity index (χ4v) is 5.48. The largest absolute Gasteiger partial charge is 0.370 e. The smallest absolute Gasteiger partial charge is 0.252 e. The predicted octanol–water partition coefficient (Wildman–Crippen LogP) is -2.77. The highest BCUT2D eigenvalue weighted by Gasteiger charge is 2.73. The number of nitrogens with zero attached hydrogens (tertiary/aromatic N) is 4. The van der Waals surface area contributed by atoms with Gasteiger partial charge in [-0.3, -0.25) is 19.3 Å². The average molecular weight is 485 g/mol. The van der Waals surface area contributed by atoms with Crippen LogP contribution in [-0.2, 0) is 9.59 Å². The van der Waals surface area contributed by atoms with Crippen molar-refractivity contribution in [3.05, 3.63) is 34.9 Å². The second-order valence-electron chi connectivity index (χ2n) is 9.41. The van der Waals surface area contributed by atoms with Gasteiger partial charge >= 0.3 is 0 Å². The molecule has 0 radical (unpaired) electrons. The number of aliphatic imine (C=N–C) groups is 2. The molecule has 4 atom stereocenters. The first kappa shape index (κ1) is 23.1. The van der Waals surface area contributed by atoms with Crippen molar-refractivity contribution in [2.24, 2.45) is 21.5 Å². The molecule has 1 aromatic rings. The van der Waals surface area contributed by atoms with Crippen LogP contribution in [-0.4, -0.2) is 92.3 Å². The number of imide groups is 1. The lowest BCUT2D eigenvalue weighted by molar-refractivity contribution is -0.230. The number of hydrogen-bond donors (Lipinski definition) is 6. The van der Waals surface area contributed by atoms with E-state index in [4.69, 9.17) is 11.5 Å². The molecule has 2 saturated heterocycles. The van der Waals surface area contributed by atoms with Crippen molar-refractivity contribution in [1.82, 2.24) is 20.4 Å². The first-order valence-corrected chi connectivity index (χ1v) is 11.3. The number of aliphatic hydroxyl groups is 2. The summed E-state index contributed by atoms with van der Waals surface area (Å²) >= 11 is 0. The quantitative estimate of drug-likeness (QED) is 0.193. The van der Waals surface area contributed by atoms with E-state index in [0.29, 0.717) is 5.56 Å². The van der Waals surface area contributed by atoms with Gasteiger partial charge in [0.15, 0.2) is 17.6 Å². The number of aryl methyl sites for hydroxylation is 1. The number of carbonyl (C=O) groups excluding carboxylic acids is 3. The highest BCUT2D eigenvalue weighted by Crippen LogP contribution is 2.45. The van der Waals surface area contributed by atoms with Crippen LogP contribution in [0.1, 0.15) is 34.3 Å². The van der Waals surface area contributed by atoms with Crippen molar-refractivity contribution < 1.29 is 24.6 Å². The Hall–Kier alpha value is -3.71. The van der Waals surface area contributed by atoms with Crippen molar-refractivity contribution >= 4 is 29.6 Å². The Balaban J connectivity index is 1.48. The van der Waals surface area contributed by atoms with Gasteiger partial charge in [0.05, 0.1) is 12.6 Å². The highest BCUT2D eigenvalue weighted by molar-refractivity contribution is 6.02. The third-order valence-corrected chi connectivity index (χ3v) is 7.48. The van der Waals surface area contributed by atoms with Crippen LogP contribution in [0.3, 0.4) is 0 Å². The van der Waals surface area contributed by atoms with E-state index < -0.39 is 35.5 Å². The lowest BCUT2D eigenvalue weighted by Crippen LogP contribution is -2.78. The van der Waals surface area contributed by atoms with E-state index >= 15 is 0 Å². The Morgan fingerprint density at radius 3 is 2.57 bits per heavy atom. The fraction of sp³-hybridized carbons (Fsp3) is 0.500. The van der Waals surface area contributed by atoms with Crippen molar-refractivity contribution in [2.75, 3.05) is 13.1 Å². The van der Waals surface area contributed by atoms with E-state index in [9.17, 15) is 24.6 Å². The molecular weight excluding hydrogens is 456 g/mol. The summed E-state index contributed by atoms with van der Waals surface area (Å²) in [7, 11) is 0. The molecule has 4 heterocycles. The van der Waals surface area contributed by atoms with Crippen LogP contribution < -0.4 is 22.1 Å². The molecule has 4 aliphatic heterocycles. The molecule has 0 saturated carbocycles. The van der Waals surface area contributed by atoms with Crippen LogP contribution in [0.5, 0.6) is 0 Å². The molecular formula is C22H28N8O5. The highest BCUT2D eigenvalue weighted by atomic mass is 16.5. The van der Waals surface area contributed by atoms with Gasteiger partial charge in [0, 0.05) is 24.9 Å². The van der Waals surface area contributed by atoms with Crippen molar-refractivity contribution in [2.45, 2.75) is 56.3 Å². The predicted molar refractivity (Wildman–Crippen MR) is 124 cm³/mol. The van der Waals surface area contributed by atoms with Gasteiger partial charge in [0.1, 0.15) is 12.1 Å². The molecule has 1 aromatic carbocycles. The fourth-order valence-electron chi connectivity index (χ4n) is 5.48. The first-order valence-electron chi connectivity index (χ1n) is 11.3. The van der Waals surface area contributed by atoms with Gasteiger partial charge in [-0.1, -0.05) is 12.1 Å². The monoisotopic (exact) mass is 484 g/mol. The van der Waals surface area contributed by atoms with E-state index in [2.05, 4.69) is 20.6 Å². The maximum Gasteiger partial charge on any atom is 0.252 e. The van der Waals surface area contributed by atoms with Crippen molar-refractivity contribution in [3.63, 3.8) is 0 Å². The van der Waals surface area contributed by atoms with Gasteiger partial charge < -0.3 is 37.2 Å². The number of guanidine groups is 2. The second-order valence-corrected chi connectivity index (χ2v) is 9.41. The molecule has 0 aromatic heterocycles. The summed E-state index contributed by atoms with van der Waals surface area (Å²) in [6.07, 6.45) is 0.208. The summed E-state index contributed by atoms with van der Waals surface area (Å²) in [5.74, 6) is -3.90. The third-order valence-electron chi connectivity index (χ3n) is 7.48. The molecule has 3 amide bonds. The van der Waals surface area contributed by atoms with E-state index in [1.807, 2.05) is 19.9 Å². The zero-order valence-corrected chi connectivity index (χ0v) is 19.4. The van der Waals surface area contributed by atoms with Gasteiger partial charge in [0.25, 0.3) is 5.91 Å². The first-order chi connectivity index (χ1) is 16.5. The molecule has 0 aliphatic carbocycles. The minimum absolute atomic E-state index is 0.0568. The van der Waals surface area contributed by atoms with E-state index in [1.165, 1.54) is 4.90 Å². The van der Waals surface area contributed by atoms with Crippen LogP contribution in [0.2, 0.25) is 0 Å². The van der Waals surface area contributed by atoms with Crippen LogP contribution in [0.15, 0.2) is 28.2 Å². The van der Waals surface area contributed by atoms with Crippen LogP contribution in [0.4, 0.5) is 0 Å². The zero-order chi connectivity index (χ0) is 25.3. The topological polar surface area (TPSA) is 199 Å². The summed E-state index contributed by atoms with van der Waals surface area (Å²) in [6.45, 7) is 3.46. The summed E-state index contributed by atoms with van der Waals surface area (Å²) in [6, 6.07) is 2.20. The normalized spacial score (nSPS) is 31.0. The van der Waals surface area contributed by atoms with E-state index in [1.54, 1.807) is 12.1 Å². The standard InChI is InChI=1S/C22H28N8O5/c1-10-4-3-5-12(11(10)2)18(33)26-14-9-30-20(24)25-13(8-29-15(31)6-7-16(29)32)17-21(30,22(14,34)35)28-19(23)27-17/h3-5,13-14,17,34-35H,6-9H2,1-2H3,(H2,24,25)(H,26,33)(H3,23,27,28)/t13-,14?,17-,21-/m0/s1. The van der Waals surface area contributed by atoms with Crippen LogP contribution in [0, 0.1) is 13.8 Å². The molecule has 2 fully saturated rings. The van der Waals surface area contributed by atoms with Gasteiger partial charge in [0.2, 0.25) is 17.6 Å². The Kier molecular flexibility index (Phi) is 5.04. The molecule has 4 aliphatic rings. The SMILES string of the molecule is Cc1cccc(C(=O)NC2CN3C(N)=N[C@@H](CN4C(=O)CCC4=O)[C@@H]4N=C(N)N[C@@]43C2(O)O)c1C. The van der Waals surface area contributed by atoms with Crippen molar-refractivity contribution in [3.8, 4) is 0 Å². The Morgan fingerprint density at radius 1 is 1.20 bits per heavy atom. The number of nitrogens with one attached hydrogen (secondary N) is 2. The number of nitrogens with two attached hydrogens (primary N) is 2. The maximum absolute atomic E-state index is 13.1. The van der Waals surface area contributed by atoms with Gasteiger partial charge in [-0.25, -0.2) is 9.98 Å². The Bertz CT molecular complexity index is 1180. The number of rotatable bonds is 4. The molecule has 5 rings (SSSR count). The molecule has 186 valence electrons. The number of hydrogen-bond acceptors (Lipinski definition) is 11. The van der Waals surface area contributed by atoms with E-state index in [-0.39, 0.29) is 49.7 Å². The van der Waals surface area contributed by atoms with Gasteiger partial charge in [-0.15, -0.1) is 0 Å². The van der Waals surface area contributed by atoms with Crippen LogP contribution >= 0.6 is 0 Å². The maximum atomic E-state index is 13.1.